The highest BCUT2D eigenvalue weighted by molar-refractivity contribution is 5.94. The molecule has 0 aliphatic rings. The van der Waals surface area contributed by atoms with Crippen LogP contribution in [-0.2, 0) is 4.79 Å². The molecule has 0 aliphatic carbocycles. The normalized spacial score (nSPS) is 10.2. The summed E-state index contributed by atoms with van der Waals surface area (Å²) in [5.41, 5.74) is 2.07. The number of nitrogens with one attached hydrogen (secondary N) is 2. The molecule has 2 amide bonds. The molecule has 0 saturated heterocycles. The topological polar surface area (TPSA) is 67.4 Å². The number of hydrogen-bond acceptors (Lipinski definition) is 3. The van der Waals surface area contributed by atoms with E-state index in [2.05, 4.69) is 10.6 Å². The minimum atomic E-state index is -0.578. The summed E-state index contributed by atoms with van der Waals surface area (Å²) >= 11 is 0. The van der Waals surface area contributed by atoms with Gasteiger partial charge >= 0.3 is 0 Å². The van der Waals surface area contributed by atoms with E-state index in [1.54, 1.807) is 6.07 Å². The van der Waals surface area contributed by atoms with Crippen LogP contribution in [-0.4, -0.2) is 31.5 Å². The Morgan fingerprint density at radius 1 is 1.04 bits per heavy atom. The molecule has 0 aliphatic heterocycles. The Labute approximate surface area is 146 Å². The molecule has 2 aromatic carbocycles. The van der Waals surface area contributed by atoms with Crippen molar-refractivity contribution in [2.75, 3.05) is 19.7 Å². The Bertz CT molecular complexity index is 762. The molecular weight excluding hydrogens is 323 g/mol. The lowest BCUT2D eigenvalue weighted by Gasteiger charge is -2.10. The molecule has 25 heavy (non-hydrogen) atoms. The summed E-state index contributed by atoms with van der Waals surface area (Å²) in [6, 6.07) is 11.4. The van der Waals surface area contributed by atoms with Crippen molar-refractivity contribution in [1.29, 1.82) is 0 Å². The van der Waals surface area contributed by atoms with E-state index in [4.69, 9.17) is 4.74 Å². The highest BCUT2D eigenvalue weighted by atomic mass is 19.1. The average molecular weight is 344 g/mol. The summed E-state index contributed by atoms with van der Waals surface area (Å²) in [6.45, 7) is 4.22. The van der Waals surface area contributed by atoms with E-state index in [1.807, 2.05) is 32.0 Å². The third kappa shape index (κ3) is 5.60. The zero-order chi connectivity index (χ0) is 18.2. The Morgan fingerprint density at radius 3 is 2.48 bits per heavy atom. The fourth-order valence-corrected chi connectivity index (χ4v) is 2.27. The number of halogens is 1. The van der Waals surface area contributed by atoms with Crippen LogP contribution in [0, 0.1) is 19.7 Å². The summed E-state index contributed by atoms with van der Waals surface area (Å²) in [5, 5.41) is 5.18. The summed E-state index contributed by atoms with van der Waals surface area (Å²) in [6.07, 6.45) is 0. The zero-order valence-corrected chi connectivity index (χ0v) is 14.3. The minimum absolute atomic E-state index is 0.0213. The van der Waals surface area contributed by atoms with Gasteiger partial charge in [0.15, 0.2) is 6.61 Å². The van der Waals surface area contributed by atoms with Gasteiger partial charge in [-0.2, -0.15) is 0 Å². The lowest BCUT2D eigenvalue weighted by Crippen LogP contribution is -2.37. The number of rotatable bonds is 7. The molecule has 132 valence electrons. The second kappa shape index (κ2) is 8.82. The van der Waals surface area contributed by atoms with E-state index in [1.165, 1.54) is 18.2 Å². The molecule has 0 saturated carbocycles. The van der Waals surface area contributed by atoms with Crippen molar-refractivity contribution < 1.29 is 18.7 Å². The van der Waals surface area contributed by atoms with Crippen molar-refractivity contribution in [3.63, 3.8) is 0 Å². The maximum Gasteiger partial charge on any atom is 0.258 e. The Hall–Kier alpha value is -2.89. The van der Waals surface area contributed by atoms with E-state index < -0.39 is 11.7 Å². The van der Waals surface area contributed by atoms with Gasteiger partial charge in [-0.1, -0.05) is 29.8 Å². The van der Waals surface area contributed by atoms with Gasteiger partial charge < -0.3 is 15.4 Å². The van der Waals surface area contributed by atoms with Crippen molar-refractivity contribution in [1.82, 2.24) is 10.6 Å². The van der Waals surface area contributed by atoms with Gasteiger partial charge in [0, 0.05) is 13.1 Å². The summed E-state index contributed by atoms with van der Waals surface area (Å²) in [7, 11) is 0. The number of carbonyl (C=O) groups is 2. The molecule has 2 rings (SSSR count). The van der Waals surface area contributed by atoms with Gasteiger partial charge in [-0.05, 0) is 37.6 Å². The van der Waals surface area contributed by atoms with Gasteiger partial charge in [0.1, 0.15) is 11.6 Å². The van der Waals surface area contributed by atoms with Crippen LogP contribution in [0.1, 0.15) is 21.5 Å². The van der Waals surface area contributed by atoms with Crippen molar-refractivity contribution >= 4 is 11.8 Å². The zero-order valence-electron chi connectivity index (χ0n) is 14.3. The maximum atomic E-state index is 13.4. The van der Waals surface area contributed by atoms with Crippen LogP contribution in [0.3, 0.4) is 0 Å². The first-order valence-corrected chi connectivity index (χ1v) is 7.97. The molecule has 0 heterocycles. The molecule has 6 heteroatoms. The predicted octanol–water partition coefficient (Wildman–Crippen LogP) is 2.37. The molecule has 0 unspecified atom stereocenters. The van der Waals surface area contributed by atoms with Crippen LogP contribution in [0.4, 0.5) is 4.39 Å². The molecule has 0 fully saturated rings. The first-order chi connectivity index (χ1) is 12.0. The smallest absolute Gasteiger partial charge is 0.258 e. The first kappa shape index (κ1) is 18.4. The van der Waals surface area contributed by atoms with E-state index in [-0.39, 0.29) is 31.2 Å². The highest BCUT2D eigenvalue weighted by Crippen LogP contribution is 2.18. The van der Waals surface area contributed by atoms with Crippen LogP contribution >= 0.6 is 0 Å². The Balaban J connectivity index is 1.68. The number of amides is 2. The lowest BCUT2D eigenvalue weighted by atomic mass is 10.1. The molecule has 2 N–H and O–H groups in total. The number of ether oxygens (including phenoxy) is 1. The van der Waals surface area contributed by atoms with E-state index in [9.17, 15) is 14.0 Å². The van der Waals surface area contributed by atoms with Crippen LogP contribution < -0.4 is 15.4 Å². The predicted molar refractivity (Wildman–Crippen MR) is 93.2 cm³/mol. The number of carbonyl (C=O) groups excluding carboxylic acids is 2. The van der Waals surface area contributed by atoms with Gasteiger partial charge in [-0.25, -0.2) is 4.39 Å². The van der Waals surface area contributed by atoms with Gasteiger partial charge in [0.25, 0.3) is 11.8 Å². The van der Waals surface area contributed by atoms with Crippen molar-refractivity contribution in [2.24, 2.45) is 0 Å². The van der Waals surface area contributed by atoms with Gasteiger partial charge in [-0.3, -0.25) is 9.59 Å². The second-order valence-electron chi connectivity index (χ2n) is 5.64. The fraction of sp³-hybridized carbons (Fsp3) is 0.263. The SMILES string of the molecule is Cc1ccc(OCC(=O)NCCNC(=O)c2ccccc2F)c(C)c1. The summed E-state index contributed by atoms with van der Waals surface area (Å²) in [5.74, 6) is -0.724. The molecule has 2 aromatic rings. The highest BCUT2D eigenvalue weighted by Gasteiger charge is 2.10. The molecule has 5 nitrogen and oxygen atoms in total. The molecule has 0 aromatic heterocycles. The molecule has 0 bridgehead atoms. The lowest BCUT2D eigenvalue weighted by molar-refractivity contribution is -0.123. The number of hydrogen-bond donors (Lipinski definition) is 2. The van der Waals surface area contributed by atoms with E-state index >= 15 is 0 Å². The van der Waals surface area contributed by atoms with Crippen molar-refractivity contribution in [3.05, 3.63) is 65.0 Å². The van der Waals surface area contributed by atoms with Gasteiger partial charge in [0.2, 0.25) is 0 Å². The standard InChI is InChI=1S/C19H21FN2O3/c1-13-7-8-17(14(2)11-13)25-12-18(23)21-9-10-22-19(24)15-5-3-4-6-16(15)20/h3-8,11H,9-10,12H2,1-2H3,(H,21,23)(H,22,24). The van der Waals surface area contributed by atoms with Crippen LogP contribution in [0.2, 0.25) is 0 Å². The first-order valence-electron chi connectivity index (χ1n) is 7.97. The number of benzene rings is 2. The van der Waals surface area contributed by atoms with Crippen LogP contribution in [0.25, 0.3) is 0 Å². The fourth-order valence-electron chi connectivity index (χ4n) is 2.27. The van der Waals surface area contributed by atoms with Crippen LogP contribution in [0.15, 0.2) is 42.5 Å². The van der Waals surface area contributed by atoms with Gasteiger partial charge in [0.05, 0.1) is 5.56 Å². The largest absolute Gasteiger partial charge is 0.484 e. The molecule has 0 spiro atoms. The Kier molecular flexibility index (Phi) is 6.51. The second-order valence-corrected chi connectivity index (χ2v) is 5.64. The third-order valence-electron chi connectivity index (χ3n) is 3.54. The van der Waals surface area contributed by atoms with E-state index in [0.29, 0.717) is 5.75 Å². The quantitative estimate of drug-likeness (QED) is 0.758. The molecule has 0 radical (unpaired) electrons. The number of aryl methyl sites for hydroxylation is 2. The van der Waals surface area contributed by atoms with E-state index in [0.717, 1.165) is 11.1 Å². The monoisotopic (exact) mass is 344 g/mol. The summed E-state index contributed by atoms with van der Waals surface area (Å²) in [4.78, 5) is 23.6. The maximum absolute atomic E-state index is 13.4. The molecule has 0 atom stereocenters. The average Bonchev–Trinajstić information content (AvgIpc) is 2.58. The van der Waals surface area contributed by atoms with Crippen molar-refractivity contribution in [2.45, 2.75) is 13.8 Å². The minimum Gasteiger partial charge on any atom is -0.484 e. The third-order valence-corrected chi connectivity index (χ3v) is 3.54. The molecular formula is C19H21FN2O3. The Morgan fingerprint density at radius 2 is 1.76 bits per heavy atom. The summed E-state index contributed by atoms with van der Waals surface area (Å²) < 4.78 is 18.9. The van der Waals surface area contributed by atoms with Crippen LogP contribution in [0.5, 0.6) is 5.75 Å². The van der Waals surface area contributed by atoms with Gasteiger partial charge in [-0.15, -0.1) is 0 Å². The van der Waals surface area contributed by atoms with Crippen molar-refractivity contribution in [3.8, 4) is 5.75 Å².